The first-order valence-electron chi connectivity index (χ1n) is 15.6. The second-order valence-electron chi connectivity index (χ2n) is 15.2. The smallest absolute Gasteiger partial charge is 0.122 e. The highest BCUT2D eigenvalue weighted by Gasteiger charge is 2.19. The lowest BCUT2D eigenvalue weighted by Gasteiger charge is -2.21. The SMILES string of the molecule is CC(C)(C)C1=CCCC1.CC(C)(C)c1ccccc1C#N.CC(C)(C)c1cccnc1.COc1ccccc1C(C)(C)C. The zero-order valence-electron chi connectivity index (χ0n) is 29.4. The molecular weight excluding hydrogens is 524 g/mol. The summed E-state index contributed by atoms with van der Waals surface area (Å²) >= 11 is 0. The first-order chi connectivity index (χ1) is 19.8. The van der Waals surface area contributed by atoms with Gasteiger partial charge in [0.15, 0.2) is 0 Å². The van der Waals surface area contributed by atoms with Gasteiger partial charge in [-0.05, 0) is 75.8 Å². The van der Waals surface area contributed by atoms with Crippen molar-refractivity contribution in [1.29, 1.82) is 5.26 Å². The highest BCUT2D eigenvalue weighted by molar-refractivity contribution is 5.41. The van der Waals surface area contributed by atoms with E-state index >= 15 is 0 Å². The van der Waals surface area contributed by atoms with E-state index in [0.717, 1.165) is 16.9 Å². The van der Waals surface area contributed by atoms with Crippen molar-refractivity contribution >= 4 is 0 Å². The van der Waals surface area contributed by atoms with Gasteiger partial charge in [-0.15, -0.1) is 0 Å². The third kappa shape index (κ3) is 13.6. The number of ether oxygens (including phenoxy) is 1. The van der Waals surface area contributed by atoms with Gasteiger partial charge in [-0.25, -0.2) is 0 Å². The summed E-state index contributed by atoms with van der Waals surface area (Å²) in [6, 6.07) is 22.2. The molecule has 0 unspecified atom stereocenters. The van der Waals surface area contributed by atoms with Gasteiger partial charge in [0.1, 0.15) is 5.75 Å². The average Bonchev–Trinajstić information content (AvgIpc) is 3.49. The van der Waals surface area contributed by atoms with Gasteiger partial charge in [0.25, 0.3) is 0 Å². The summed E-state index contributed by atoms with van der Waals surface area (Å²) in [6.45, 7) is 26.3. The fourth-order valence-corrected chi connectivity index (χ4v) is 4.66. The molecule has 43 heavy (non-hydrogen) atoms. The highest BCUT2D eigenvalue weighted by atomic mass is 16.5. The van der Waals surface area contributed by atoms with Gasteiger partial charge in [-0.3, -0.25) is 4.98 Å². The monoisotopic (exact) mass is 582 g/mol. The maximum atomic E-state index is 8.83. The van der Waals surface area contributed by atoms with Crippen LogP contribution in [0.1, 0.15) is 125 Å². The van der Waals surface area contributed by atoms with E-state index in [9.17, 15) is 0 Å². The van der Waals surface area contributed by atoms with E-state index in [-0.39, 0.29) is 16.2 Å². The number of aromatic nitrogens is 1. The van der Waals surface area contributed by atoms with E-state index in [1.54, 1.807) is 18.9 Å². The molecule has 0 bridgehead atoms. The Kier molecular flexibility index (Phi) is 14.4. The van der Waals surface area contributed by atoms with Crippen LogP contribution in [0.5, 0.6) is 5.75 Å². The molecule has 0 fully saturated rings. The van der Waals surface area contributed by atoms with Gasteiger partial charge in [0.2, 0.25) is 0 Å². The molecule has 0 radical (unpaired) electrons. The quantitative estimate of drug-likeness (QED) is 0.268. The average molecular weight is 583 g/mol. The molecule has 1 aliphatic carbocycles. The first kappa shape index (κ1) is 37.6. The van der Waals surface area contributed by atoms with Crippen LogP contribution in [0.3, 0.4) is 0 Å². The zero-order chi connectivity index (χ0) is 32.9. The van der Waals surface area contributed by atoms with Crippen molar-refractivity contribution < 1.29 is 4.74 Å². The molecular formula is C40H58N2O. The van der Waals surface area contributed by atoms with Crippen LogP contribution in [0.25, 0.3) is 0 Å². The minimum absolute atomic E-state index is 0.0618. The maximum absolute atomic E-state index is 8.83. The first-order valence-corrected chi connectivity index (χ1v) is 15.6. The molecule has 3 aromatic rings. The summed E-state index contributed by atoms with van der Waals surface area (Å²) in [5, 5.41) is 8.83. The molecule has 0 amide bonds. The second kappa shape index (κ2) is 16.5. The van der Waals surface area contributed by atoms with Gasteiger partial charge < -0.3 is 4.74 Å². The molecule has 234 valence electrons. The van der Waals surface area contributed by atoms with E-state index in [1.807, 2.05) is 54.7 Å². The maximum Gasteiger partial charge on any atom is 0.122 e. The molecule has 0 saturated carbocycles. The van der Waals surface area contributed by atoms with Crippen LogP contribution in [0, 0.1) is 16.7 Å². The third-order valence-corrected chi connectivity index (χ3v) is 7.30. The second-order valence-corrected chi connectivity index (χ2v) is 15.2. The molecule has 0 saturated heterocycles. The lowest BCUT2D eigenvalue weighted by molar-refractivity contribution is 0.397. The molecule has 1 aliphatic rings. The summed E-state index contributed by atoms with van der Waals surface area (Å²) in [5.41, 5.74) is 6.99. The van der Waals surface area contributed by atoms with Crippen molar-refractivity contribution in [3.63, 3.8) is 0 Å². The van der Waals surface area contributed by atoms with Crippen molar-refractivity contribution in [2.75, 3.05) is 7.11 Å². The Labute approximate surface area is 264 Å². The molecule has 1 heterocycles. The molecule has 0 spiro atoms. The third-order valence-electron chi connectivity index (χ3n) is 7.30. The Hall–Kier alpha value is -3.38. The summed E-state index contributed by atoms with van der Waals surface area (Å²) in [6.07, 6.45) is 10.2. The van der Waals surface area contributed by atoms with Crippen LogP contribution >= 0.6 is 0 Å². The van der Waals surface area contributed by atoms with Gasteiger partial charge >= 0.3 is 0 Å². The Morgan fingerprint density at radius 1 is 0.674 bits per heavy atom. The Balaban J connectivity index is 0.000000289. The zero-order valence-corrected chi connectivity index (χ0v) is 29.4. The Bertz CT molecular complexity index is 1300. The molecule has 1 aromatic heterocycles. The largest absolute Gasteiger partial charge is 0.496 e. The van der Waals surface area contributed by atoms with E-state index in [4.69, 9.17) is 10.00 Å². The van der Waals surface area contributed by atoms with Crippen LogP contribution in [-0.2, 0) is 16.2 Å². The Morgan fingerprint density at radius 3 is 1.56 bits per heavy atom. The predicted octanol–water partition coefficient (Wildman–Crippen LogP) is 11.4. The van der Waals surface area contributed by atoms with E-state index in [1.165, 1.54) is 30.4 Å². The number of rotatable bonds is 1. The molecule has 0 atom stereocenters. The summed E-state index contributed by atoms with van der Waals surface area (Å²) in [4.78, 5) is 4.05. The number of methoxy groups -OCH3 is 1. The number of hydrogen-bond donors (Lipinski definition) is 0. The van der Waals surface area contributed by atoms with Crippen molar-refractivity contribution in [2.45, 2.75) is 119 Å². The van der Waals surface area contributed by atoms with Gasteiger partial charge in [-0.1, -0.05) is 137 Å². The molecule has 4 rings (SSSR count). The summed E-state index contributed by atoms with van der Waals surface area (Å²) in [7, 11) is 1.71. The summed E-state index contributed by atoms with van der Waals surface area (Å²) < 4.78 is 5.27. The highest BCUT2D eigenvalue weighted by Crippen LogP contribution is 2.33. The molecule has 3 heteroatoms. The van der Waals surface area contributed by atoms with Gasteiger partial charge in [0, 0.05) is 12.4 Å². The van der Waals surface area contributed by atoms with Crippen LogP contribution in [0.4, 0.5) is 0 Å². The minimum atomic E-state index is 0.0618. The lowest BCUT2D eigenvalue weighted by atomic mass is 9.84. The van der Waals surface area contributed by atoms with Gasteiger partial charge in [-0.2, -0.15) is 5.26 Å². The molecule has 0 N–H and O–H groups in total. The van der Waals surface area contributed by atoms with Crippen molar-refractivity contribution in [1.82, 2.24) is 4.98 Å². The summed E-state index contributed by atoms with van der Waals surface area (Å²) in [5.74, 6) is 0.977. The molecule has 3 nitrogen and oxygen atoms in total. The van der Waals surface area contributed by atoms with Crippen molar-refractivity contribution in [3.8, 4) is 11.8 Å². The van der Waals surface area contributed by atoms with Crippen LogP contribution in [-0.4, -0.2) is 12.1 Å². The standard InChI is InChI=1S/C11H13N.C11H16O.C9H13N.C9H16/c1-11(2,3)10-7-5-4-6-9(10)8-12;1-11(2,3)9-7-5-6-8-10(9)12-4;1-9(2,3)8-5-4-6-10-7-8;1-9(2,3)8-6-4-5-7-8/h4-7H,1-3H3;5-8H,1-4H3;4-7H,1-3H3;6H,4-5,7H2,1-3H3. The number of nitriles is 1. The fourth-order valence-electron chi connectivity index (χ4n) is 4.66. The van der Waals surface area contributed by atoms with Crippen LogP contribution < -0.4 is 4.74 Å². The van der Waals surface area contributed by atoms with Gasteiger partial charge in [0.05, 0.1) is 18.7 Å². The fraction of sp³-hybridized carbons (Fsp3) is 0.500. The van der Waals surface area contributed by atoms with Crippen molar-refractivity contribution in [3.05, 3.63) is 107 Å². The van der Waals surface area contributed by atoms with E-state index in [0.29, 0.717) is 5.41 Å². The molecule has 2 aromatic carbocycles. The number of benzene rings is 2. The van der Waals surface area contributed by atoms with E-state index in [2.05, 4.69) is 112 Å². The number of pyridine rings is 1. The number of hydrogen-bond acceptors (Lipinski definition) is 3. The number of para-hydroxylation sites is 1. The van der Waals surface area contributed by atoms with Crippen LogP contribution in [0.2, 0.25) is 0 Å². The number of nitrogens with zero attached hydrogens (tertiary/aromatic N) is 2. The number of allylic oxidation sites excluding steroid dienone is 2. The lowest BCUT2D eigenvalue weighted by Crippen LogP contribution is -2.12. The van der Waals surface area contributed by atoms with Crippen molar-refractivity contribution in [2.24, 2.45) is 5.41 Å². The van der Waals surface area contributed by atoms with Crippen LogP contribution in [0.15, 0.2) is 84.7 Å². The minimum Gasteiger partial charge on any atom is -0.496 e. The normalized spacial score (nSPS) is 13.1. The predicted molar refractivity (Wildman–Crippen MR) is 186 cm³/mol. The molecule has 0 aliphatic heterocycles. The van der Waals surface area contributed by atoms with E-state index < -0.39 is 0 Å². The topological polar surface area (TPSA) is 45.9 Å². The Morgan fingerprint density at radius 2 is 1.23 bits per heavy atom.